The summed E-state index contributed by atoms with van der Waals surface area (Å²) in [6, 6.07) is 15.4. The molecule has 0 spiro atoms. The average molecular weight is 642 g/mol. The van der Waals surface area contributed by atoms with Gasteiger partial charge >= 0.3 is 11.8 Å². The Morgan fingerprint density at radius 1 is 0.822 bits per heavy atom. The third-order valence-corrected chi connectivity index (χ3v) is 8.81. The maximum atomic E-state index is 11.8. The van der Waals surface area contributed by atoms with Gasteiger partial charge in [0, 0.05) is 26.9 Å². The van der Waals surface area contributed by atoms with Crippen molar-refractivity contribution in [1.82, 2.24) is 4.90 Å². The fourth-order valence-electron chi connectivity index (χ4n) is 5.00. The highest BCUT2D eigenvalue weighted by molar-refractivity contribution is 7.56. The molecule has 3 rings (SSSR count). The van der Waals surface area contributed by atoms with E-state index in [9.17, 15) is 9.59 Å². The van der Waals surface area contributed by atoms with Crippen molar-refractivity contribution >= 4 is 26.2 Å². The minimum Gasteiger partial charge on any atom is -0.494 e. The van der Waals surface area contributed by atoms with Gasteiger partial charge in [-0.25, -0.2) is 9.59 Å². The molecular weight excluding hydrogens is 589 g/mol. The quantitative estimate of drug-likeness (QED) is 0.0675. The molecule has 9 nitrogen and oxygen atoms in total. The molecule has 0 radical (unpaired) electrons. The first-order valence-corrected chi connectivity index (χ1v) is 17.8. The van der Waals surface area contributed by atoms with Crippen LogP contribution in [0.4, 0.5) is 9.59 Å². The van der Waals surface area contributed by atoms with Crippen LogP contribution < -0.4 is 15.2 Å². The van der Waals surface area contributed by atoms with E-state index in [2.05, 4.69) is 16.8 Å². The Kier molecular flexibility index (Phi) is 17.4. The summed E-state index contributed by atoms with van der Waals surface area (Å²) in [5.74, 6) is 2.56. The van der Waals surface area contributed by atoms with E-state index in [4.69, 9.17) is 24.7 Å². The number of carbonyl (C=O) groups is 2. The topological polar surface area (TPSA) is 113 Å². The third-order valence-electron chi connectivity index (χ3n) is 7.80. The molecule has 1 saturated heterocycles. The molecule has 1 heterocycles. The number of nitrogens with two attached hydrogens (primary N) is 1. The third kappa shape index (κ3) is 15.1. The minimum atomic E-state index is -0.659. The lowest BCUT2D eigenvalue weighted by molar-refractivity contribution is 0.155. The second-order valence-electron chi connectivity index (χ2n) is 11.5. The lowest BCUT2D eigenvalue weighted by Crippen LogP contribution is -2.35. The Morgan fingerprint density at radius 2 is 1.42 bits per heavy atom. The molecule has 10 heteroatoms. The van der Waals surface area contributed by atoms with Gasteiger partial charge in [0.15, 0.2) is 0 Å². The highest BCUT2D eigenvalue weighted by atomic mass is 31.1. The molecule has 0 aliphatic carbocycles. The van der Waals surface area contributed by atoms with Crippen LogP contribution in [0.25, 0.3) is 0 Å². The van der Waals surface area contributed by atoms with E-state index in [-0.39, 0.29) is 20.1 Å². The highest BCUT2D eigenvalue weighted by Gasteiger charge is 2.18. The van der Waals surface area contributed by atoms with Crippen molar-refractivity contribution in [3.05, 3.63) is 59.7 Å². The summed E-state index contributed by atoms with van der Waals surface area (Å²) in [6.45, 7) is 9.67. The molecule has 1 atom stereocenters. The van der Waals surface area contributed by atoms with Gasteiger partial charge < -0.3 is 29.6 Å². The Hall–Kier alpha value is -3.16. The highest BCUT2D eigenvalue weighted by Crippen LogP contribution is 2.25. The van der Waals surface area contributed by atoms with Gasteiger partial charge in [0.05, 0.1) is 26.4 Å². The number of rotatable bonds is 20. The molecule has 2 N–H and O–H groups in total. The van der Waals surface area contributed by atoms with E-state index < -0.39 is 6.09 Å². The predicted octanol–water partition coefficient (Wildman–Crippen LogP) is 7.78. The number of carbonyl (C=O) groups excluding carboxylic acids is 2. The van der Waals surface area contributed by atoms with E-state index in [0.717, 1.165) is 93.9 Å². The van der Waals surface area contributed by atoms with Crippen LogP contribution in [0.1, 0.15) is 82.8 Å². The van der Waals surface area contributed by atoms with Gasteiger partial charge in [-0.1, -0.05) is 38.8 Å². The van der Waals surface area contributed by atoms with E-state index in [1.165, 1.54) is 19.3 Å². The van der Waals surface area contributed by atoms with Gasteiger partial charge in [0.1, 0.15) is 17.3 Å². The summed E-state index contributed by atoms with van der Waals surface area (Å²) in [6.07, 6.45) is 9.46. The van der Waals surface area contributed by atoms with Crippen molar-refractivity contribution in [2.45, 2.75) is 77.8 Å². The summed E-state index contributed by atoms with van der Waals surface area (Å²) in [5, 5.41) is 0. The summed E-state index contributed by atoms with van der Waals surface area (Å²) in [5.41, 5.74) is 7.64. The van der Waals surface area contributed by atoms with Crippen molar-refractivity contribution in [3.63, 3.8) is 0 Å². The minimum absolute atomic E-state index is 0.0966. The number of ether oxygens (including phenoxy) is 4. The lowest BCUT2D eigenvalue weighted by atomic mass is 9.92. The fraction of sp³-hybridized carbons (Fsp3) is 0.571. The zero-order valence-corrected chi connectivity index (χ0v) is 28.1. The molecule has 0 saturated carbocycles. The maximum Gasteiger partial charge on any atom is 0.435 e. The van der Waals surface area contributed by atoms with Crippen LogP contribution in [0.5, 0.6) is 11.5 Å². The summed E-state index contributed by atoms with van der Waals surface area (Å²) in [4.78, 5) is 29.9. The fourth-order valence-corrected chi connectivity index (χ4v) is 5.79. The largest absolute Gasteiger partial charge is 0.494 e. The van der Waals surface area contributed by atoms with E-state index in [1.54, 1.807) is 12.1 Å². The first-order chi connectivity index (χ1) is 22.0. The number of unbranched alkanes of at least 4 members (excludes halogenated alkanes) is 2. The Labute approximate surface area is 271 Å². The van der Waals surface area contributed by atoms with Crippen molar-refractivity contribution in [2.75, 3.05) is 46.1 Å². The van der Waals surface area contributed by atoms with Gasteiger partial charge in [-0.2, -0.15) is 4.99 Å². The molecule has 1 unspecified atom stereocenters. The summed E-state index contributed by atoms with van der Waals surface area (Å²) in [7, 11) is 0.154. The van der Waals surface area contributed by atoms with Gasteiger partial charge in [-0.15, -0.1) is 0 Å². The van der Waals surface area contributed by atoms with Crippen molar-refractivity contribution < 1.29 is 28.5 Å². The zero-order chi connectivity index (χ0) is 32.1. The molecular formula is C35H52N3O6P. The second-order valence-corrected chi connectivity index (χ2v) is 12.6. The van der Waals surface area contributed by atoms with E-state index in [1.807, 2.05) is 43.3 Å². The monoisotopic (exact) mass is 641 g/mol. The van der Waals surface area contributed by atoms with Crippen molar-refractivity contribution in [3.8, 4) is 11.5 Å². The van der Waals surface area contributed by atoms with Gasteiger partial charge in [-0.3, -0.25) is 0 Å². The van der Waals surface area contributed by atoms with Gasteiger partial charge in [-0.05, 0) is 106 Å². The first kappa shape index (κ1) is 36.3. The molecule has 1 amide bonds. The standard InChI is InChI=1S/C35H52N3O6P/c1-3-5-23-43-34(39)37-33(36)30-12-16-32(17-13-30)42-26-8-20-38-21-18-28(19-22-38)9-7-25-41-31-14-10-29(11-15-31)27-45-35(40)44-24-6-4-2/h10-17,28,45H,3-9,18-27H2,1-2H3,(H2,36,37,39). The molecule has 1 aliphatic rings. The van der Waals surface area contributed by atoms with E-state index in [0.29, 0.717) is 25.4 Å². The van der Waals surface area contributed by atoms with Crippen LogP contribution in [0.15, 0.2) is 53.5 Å². The number of amidine groups is 1. The Morgan fingerprint density at radius 3 is 2.07 bits per heavy atom. The second kappa shape index (κ2) is 21.6. The molecule has 2 aromatic carbocycles. The zero-order valence-electron chi connectivity index (χ0n) is 27.1. The van der Waals surface area contributed by atoms with Gasteiger partial charge in [0.25, 0.3) is 0 Å². The maximum absolute atomic E-state index is 11.8. The molecule has 1 fully saturated rings. The molecule has 248 valence electrons. The molecule has 1 aliphatic heterocycles. The Balaban J connectivity index is 1.21. The van der Waals surface area contributed by atoms with Crippen LogP contribution in [0.2, 0.25) is 0 Å². The number of amides is 1. The molecule has 0 bridgehead atoms. The number of benzene rings is 2. The van der Waals surface area contributed by atoms with Crippen LogP contribution in [-0.4, -0.2) is 68.6 Å². The van der Waals surface area contributed by atoms with Crippen molar-refractivity contribution in [2.24, 2.45) is 16.6 Å². The van der Waals surface area contributed by atoms with Crippen LogP contribution in [0.3, 0.4) is 0 Å². The molecule has 45 heavy (non-hydrogen) atoms. The SMILES string of the molecule is CCCCOC(=O)/N=C(\N)c1ccc(OCCCN2CCC(CCCOc3ccc(CPC(=O)OCCCC)cc3)CC2)cc1. The van der Waals surface area contributed by atoms with Crippen LogP contribution in [0, 0.1) is 5.92 Å². The number of piperidine rings is 1. The molecule has 0 aromatic heterocycles. The first-order valence-electron chi connectivity index (χ1n) is 16.6. The van der Waals surface area contributed by atoms with E-state index >= 15 is 0 Å². The molecule has 2 aromatic rings. The summed E-state index contributed by atoms with van der Waals surface area (Å²) < 4.78 is 22.2. The number of hydrogen-bond acceptors (Lipinski definition) is 7. The number of aliphatic imine (C=N–C) groups is 1. The number of likely N-dealkylation sites (tertiary alicyclic amines) is 1. The lowest BCUT2D eigenvalue weighted by Gasteiger charge is -2.32. The predicted molar refractivity (Wildman–Crippen MR) is 182 cm³/mol. The normalized spacial score (nSPS) is 14.5. The number of nitrogens with zero attached hydrogens (tertiary/aromatic N) is 2. The smallest absolute Gasteiger partial charge is 0.435 e. The summed E-state index contributed by atoms with van der Waals surface area (Å²) >= 11 is 0. The van der Waals surface area contributed by atoms with Crippen LogP contribution >= 0.6 is 8.58 Å². The van der Waals surface area contributed by atoms with Crippen molar-refractivity contribution in [1.29, 1.82) is 0 Å². The van der Waals surface area contributed by atoms with Crippen LogP contribution in [-0.2, 0) is 15.6 Å². The average Bonchev–Trinajstić information content (AvgIpc) is 3.06. The number of hydrogen-bond donors (Lipinski definition) is 1. The Bertz CT molecular complexity index is 1150. The van der Waals surface area contributed by atoms with Gasteiger partial charge in [0.2, 0.25) is 0 Å².